The van der Waals surface area contributed by atoms with E-state index in [2.05, 4.69) is 36.5 Å². The van der Waals surface area contributed by atoms with Crippen molar-refractivity contribution in [3.63, 3.8) is 0 Å². The van der Waals surface area contributed by atoms with E-state index in [0.29, 0.717) is 0 Å². The number of aryl methyl sites for hydroxylation is 1. The van der Waals surface area contributed by atoms with Gasteiger partial charge in [0.25, 0.3) is 0 Å². The third kappa shape index (κ3) is 5.56. The quantitative estimate of drug-likeness (QED) is 0.590. The standard InChI is InChI=1S/C19H31N/c1-2-3-5-8-18-11-13-19(14-12-18)20-16-15-17-9-6-4-7-10-17/h11-14,17,20H,2-10,15-16H2,1H3. The maximum atomic E-state index is 3.59. The van der Waals surface area contributed by atoms with Gasteiger partial charge in [0, 0.05) is 12.2 Å². The zero-order valence-corrected chi connectivity index (χ0v) is 13.2. The van der Waals surface area contributed by atoms with Crippen molar-refractivity contribution in [1.82, 2.24) is 0 Å². The van der Waals surface area contributed by atoms with Crippen LogP contribution in [0.15, 0.2) is 24.3 Å². The Balaban J connectivity index is 1.65. The molecular weight excluding hydrogens is 242 g/mol. The maximum Gasteiger partial charge on any atom is 0.0340 e. The lowest BCUT2D eigenvalue weighted by atomic mass is 9.87. The van der Waals surface area contributed by atoms with E-state index in [9.17, 15) is 0 Å². The Bertz CT molecular complexity index is 349. The SMILES string of the molecule is CCCCCc1ccc(NCCC2CCCCC2)cc1. The van der Waals surface area contributed by atoms with Crippen molar-refractivity contribution in [3.05, 3.63) is 29.8 Å². The highest BCUT2D eigenvalue weighted by Crippen LogP contribution is 2.26. The fraction of sp³-hybridized carbons (Fsp3) is 0.684. The lowest BCUT2D eigenvalue weighted by molar-refractivity contribution is 0.345. The Kier molecular flexibility index (Phi) is 6.97. The van der Waals surface area contributed by atoms with Gasteiger partial charge in [-0.15, -0.1) is 0 Å². The Morgan fingerprint density at radius 2 is 1.75 bits per heavy atom. The zero-order chi connectivity index (χ0) is 14.0. The molecule has 1 aromatic rings. The topological polar surface area (TPSA) is 12.0 Å². The second-order valence-electron chi connectivity index (χ2n) is 6.37. The monoisotopic (exact) mass is 273 g/mol. The van der Waals surface area contributed by atoms with Crippen LogP contribution in [0.4, 0.5) is 5.69 Å². The van der Waals surface area contributed by atoms with Crippen LogP contribution < -0.4 is 5.32 Å². The van der Waals surface area contributed by atoms with Crippen LogP contribution in [0.1, 0.15) is 70.3 Å². The molecule has 0 saturated heterocycles. The molecule has 0 amide bonds. The second-order valence-corrected chi connectivity index (χ2v) is 6.37. The number of anilines is 1. The van der Waals surface area contributed by atoms with E-state index in [0.717, 1.165) is 12.5 Å². The molecule has 1 aliphatic carbocycles. The van der Waals surface area contributed by atoms with E-state index in [-0.39, 0.29) is 0 Å². The number of unbranched alkanes of at least 4 members (excludes halogenated alkanes) is 2. The van der Waals surface area contributed by atoms with Crippen LogP contribution in [0, 0.1) is 5.92 Å². The third-order valence-corrected chi connectivity index (χ3v) is 4.63. The van der Waals surface area contributed by atoms with Crippen molar-refractivity contribution in [2.75, 3.05) is 11.9 Å². The van der Waals surface area contributed by atoms with E-state index < -0.39 is 0 Å². The molecule has 1 N–H and O–H groups in total. The van der Waals surface area contributed by atoms with E-state index in [1.54, 1.807) is 0 Å². The number of hydrogen-bond acceptors (Lipinski definition) is 1. The van der Waals surface area contributed by atoms with Gasteiger partial charge in [-0.1, -0.05) is 64.0 Å². The summed E-state index contributed by atoms with van der Waals surface area (Å²) in [6.07, 6.45) is 13.8. The van der Waals surface area contributed by atoms with Crippen molar-refractivity contribution in [2.45, 2.75) is 71.1 Å². The van der Waals surface area contributed by atoms with Gasteiger partial charge in [0.15, 0.2) is 0 Å². The second kappa shape index (κ2) is 9.05. The summed E-state index contributed by atoms with van der Waals surface area (Å²) in [5, 5.41) is 3.59. The van der Waals surface area contributed by atoms with Gasteiger partial charge in [0.05, 0.1) is 0 Å². The van der Waals surface area contributed by atoms with E-state index >= 15 is 0 Å². The van der Waals surface area contributed by atoms with Gasteiger partial charge in [0.1, 0.15) is 0 Å². The summed E-state index contributed by atoms with van der Waals surface area (Å²) in [6, 6.07) is 9.08. The van der Waals surface area contributed by atoms with Crippen molar-refractivity contribution in [2.24, 2.45) is 5.92 Å². The van der Waals surface area contributed by atoms with Crippen LogP contribution in [0.5, 0.6) is 0 Å². The average molecular weight is 273 g/mol. The first-order valence-electron chi connectivity index (χ1n) is 8.71. The predicted molar refractivity (Wildman–Crippen MR) is 89.4 cm³/mol. The molecule has 20 heavy (non-hydrogen) atoms. The summed E-state index contributed by atoms with van der Waals surface area (Å²) >= 11 is 0. The lowest BCUT2D eigenvalue weighted by Crippen LogP contribution is -2.12. The molecule has 0 bridgehead atoms. The zero-order valence-electron chi connectivity index (χ0n) is 13.2. The first kappa shape index (κ1) is 15.4. The van der Waals surface area contributed by atoms with Crippen molar-refractivity contribution in [3.8, 4) is 0 Å². The summed E-state index contributed by atoms with van der Waals surface area (Å²) < 4.78 is 0. The van der Waals surface area contributed by atoms with Gasteiger partial charge >= 0.3 is 0 Å². The fourth-order valence-corrected chi connectivity index (χ4v) is 3.26. The van der Waals surface area contributed by atoms with Gasteiger partial charge in [0.2, 0.25) is 0 Å². The van der Waals surface area contributed by atoms with Gasteiger partial charge < -0.3 is 5.32 Å². The smallest absolute Gasteiger partial charge is 0.0340 e. The molecule has 1 heteroatoms. The molecule has 0 radical (unpaired) electrons. The summed E-state index contributed by atoms with van der Waals surface area (Å²) in [7, 11) is 0. The molecule has 0 heterocycles. The third-order valence-electron chi connectivity index (χ3n) is 4.63. The van der Waals surface area contributed by atoms with Crippen molar-refractivity contribution in [1.29, 1.82) is 0 Å². The Hall–Kier alpha value is -0.980. The molecule has 2 rings (SSSR count). The molecular formula is C19H31N. The highest BCUT2D eigenvalue weighted by atomic mass is 14.9. The minimum absolute atomic E-state index is 0.976. The minimum Gasteiger partial charge on any atom is -0.385 e. The van der Waals surface area contributed by atoms with Gasteiger partial charge in [-0.2, -0.15) is 0 Å². The maximum absolute atomic E-state index is 3.59. The number of rotatable bonds is 8. The minimum atomic E-state index is 0.976. The highest BCUT2D eigenvalue weighted by molar-refractivity contribution is 5.44. The molecule has 0 atom stereocenters. The van der Waals surface area contributed by atoms with Crippen LogP contribution >= 0.6 is 0 Å². The Morgan fingerprint density at radius 1 is 1.00 bits per heavy atom. The molecule has 112 valence electrons. The van der Waals surface area contributed by atoms with Gasteiger partial charge in [-0.05, 0) is 42.9 Å². The lowest BCUT2D eigenvalue weighted by Gasteiger charge is -2.21. The molecule has 0 spiro atoms. The number of nitrogens with one attached hydrogen (secondary N) is 1. The molecule has 1 nitrogen and oxygen atoms in total. The molecule has 1 aliphatic rings. The molecule has 0 aliphatic heterocycles. The summed E-state index contributed by atoms with van der Waals surface area (Å²) in [5.41, 5.74) is 2.77. The van der Waals surface area contributed by atoms with Gasteiger partial charge in [-0.3, -0.25) is 0 Å². The van der Waals surface area contributed by atoms with Crippen LogP contribution in [0.3, 0.4) is 0 Å². The van der Waals surface area contributed by atoms with Crippen molar-refractivity contribution < 1.29 is 0 Å². The molecule has 1 fully saturated rings. The van der Waals surface area contributed by atoms with Crippen LogP contribution in [-0.2, 0) is 6.42 Å². The van der Waals surface area contributed by atoms with Crippen LogP contribution in [0.2, 0.25) is 0 Å². The van der Waals surface area contributed by atoms with E-state index in [1.165, 1.54) is 75.5 Å². The van der Waals surface area contributed by atoms with Crippen LogP contribution in [0.25, 0.3) is 0 Å². The predicted octanol–water partition coefficient (Wildman–Crippen LogP) is 5.80. The summed E-state index contributed by atoms with van der Waals surface area (Å²) in [5.74, 6) is 0.976. The number of benzene rings is 1. The summed E-state index contributed by atoms with van der Waals surface area (Å²) in [4.78, 5) is 0. The number of hydrogen-bond donors (Lipinski definition) is 1. The van der Waals surface area contributed by atoms with Gasteiger partial charge in [-0.25, -0.2) is 0 Å². The average Bonchev–Trinajstić information content (AvgIpc) is 2.50. The van der Waals surface area contributed by atoms with Crippen LogP contribution in [-0.4, -0.2) is 6.54 Å². The largest absolute Gasteiger partial charge is 0.385 e. The van der Waals surface area contributed by atoms with Crippen molar-refractivity contribution >= 4 is 5.69 Å². The first-order chi connectivity index (χ1) is 9.88. The molecule has 0 aromatic heterocycles. The van der Waals surface area contributed by atoms with E-state index in [4.69, 9.17) is 0 Å². The highest BCUT2D eigenvalue weighted by Gasteiger charge is 2.12. The molecule has 1 saturated carbocycles. The fourth-order valence-electron chi connectivity index (χ4n) is 3.26. The molecule has 0 unspecified atom stereocenters. The Morgan fingerprint density at radius 3 is 2.45 bits per heavy atom. The molecule has 1 aromatic carbocycles. The normalized spacial score (nSPS) is 16.2. The Labute approximate surface area is 125 Å². The summed E-state index contributed by atoms with van der Waals surface area (Å²) in [6.45, 7) is 3.40. The van der Waals surface area contributed by atoms with E-state index in [1.807, 2.05) is 0 Å². The first-order valence-corrected chi connectivity index (χ1v) is 8.71.